The number of imidazole rings is 1. The molecule has 0 aliphatic heterocycles. The van der Waals surface area contributed by atoms with Crippen molar-refractivity contribution in [3.8, 4) is 0 Å². The first-order chi connectivity index (χ1) is 9.20. The number of fused-ring (bicyclic) bond motifs is 1. The van der Waals surface area contributed by atoms with E-state index in [0.29, 0.717) is 11.3 Å². The lowest BCUT2D eigenvalue weighted by Crippen LogP contribution is -2.15. The van der Waals surface area contributed by atoms with Crippen LogP contribution in [0, 0.1) is 0 Å². The molecule has 1 aromatic heterocycles. The van der Waals surface area contributed by atoms with Crippen molar-refractivity contribution in [2.75, 3.05) is 17.7 Å². The predicted octanol–water partition coefficient (Wildman–Crippen LogP) is 2.58. The van der Waals surface area contributed by atoms with E-state index in [4.69, 9.17) is 5.73 Å². The first-order valence-electron chi connectivity index (χ1n) is 5.85. The molecule has 0 fully saturated rings. The highest BCUT2D eigenvalue weighted by molar-refractivity contribution is 7.84. The van der Waals surface area contributed by atoms with Crippen LogP contribution in [0.4, 0.5) is 19.1 Å². The van der Waals surface area contributed by atoms with Crippen molar-refractivity contribution >= 4 is 27.8 Å². The van der Waals surface area contributed by atoms with Gasteiger partial charge < -0.3 is 10.3 Å². The highest BCUT2D eigenvalue weighted by Crippen LogP contribution is 2.32. The van der Waals surface area contributed by atoms with E-state index in [0.717, 1.165) is 12.1 Å². The molecule has 2 N–H and O–H groups in total. The molecule has 2 aromatic rings. The van der Waals surface area contributed by atoms with Gasteiger partial charge >= 0.3 is 6.18 Å². The van der Waals surface area contributed by atoms with Crippen LogP contribution in [0.3, 0.4) is 0 Å². The van der Waals surface area contributed by atoms with E-state index in [1.54, 1.807) is 17.7 Å². The van der Waals surface area contributed by atoms with Crippen LogP contribution in [-0.2, 0) is 17.0 Å². The van der Waals surface area contributed by atoms with Gasteiger partial charge in [-0.3, -0.25) is 4.21 Å². The maximum Gasteiger partial charge on any atom is 0.416 e. The van der Waals surface area contributed by atoms with Gasteiger partial charge in [-0.25, -0.2) is 4.98 Å². The van der Waals surface area contributed by atoms with Gasteiger partial charge in [-0.05, 0) is 25.1 Å². The summed E-state index contributed by atoms with van der Waals surface area (Å²) in [5.74, 6) is 0.480. The fourth-order valence-corrected chi connectivity index (χ4v) is 3.00. The molecule has 1 aromatic carbocycles. The number of rotatable bonds is 3. The Hall–Kier alpha value is -1.57. The van der Waals surface area contributed by atoms with Crippen molar-refractivity contribution in [2.45, 2.75) is 19.1 Å². The summed E-state index contributed by atoms with van der Waals surface area (Å²) in [5.41, 5.74) is 5.69. The van der Waals surface area contributed by atoms with E-state index in [9.17, 15) is 17.4 Å². The van der Waals surface area contributed by atoms with Crippen molar-refractivity contribution in [3.05, 3.63) is 23.8 Å². The minimum absolute atomic E-state index is 0.122. The van der Waals surface area contributed by atoms with Gasteiger partial charge in [0.2, 0.25) is 5.95 Å². The third-order valence-corrected chi connectivity index (χ3v) is 3.91. The van der Waals surface area contributed by atoms with E-state index in [1.807, 2.05) is 0 Å². The Bertz CT molecular complexity index is 666. The molecule has 0 radical (unpaired) electrons. The molecule has 1 heterocycles. The molecule has 0 amide bonds. The summed E-state index contributed by atoms with van der Waals surface area (Å²) in [6, 6.07) is 3.10. The van der Waals surface area contributed by atoms with Crippen LogP contribution in [0.1, 0.15) is 18.5 Å². The normalized spacial score (nSPS) is 15.4. The summed E-state index contributed by atoms with van der Waals surface area (Å²) in [6.45, 7) is 1.80. The number of nitrogens with zero attached hydrogens (tertiary/aromatic N) is 2. The summed E-state index contributed by atoms with van der Waals surface area (Å²) in [6.07, 6.45) is -2.85. The number of aromatic nitrogens is 2. The molecule has 2 unspecified atom stereocenters. The maximum atomic E-state index is 12.6. The quantitative estimate of drug-likeness (QED) is 0.948. The van der Waals surface area contributed by atoms with E-state index >= 15 is 0 Å². The van der Waals surface area contributed by atoms with Gasteiger partial charge in [0.25, 0.3) is 0 Å². The lowest BCUT2D eigenvalue weighted by molar-refractivity contribution is -0.137. The smallest absolute Gasteiger partial charge is 0.369 e. The van der Waals surface area contributed by atoms with Crippen LogP contribution in [0.25, 0.3) is 11.0 Å². The van der Waals surface area contributed by atoms with Gasteiger partial charge in [0.05, 0.1) is 16.6 Å². The Morgan fingerprint density at radius 2 is 2.10 bits per heavy atom. The summed E-state index contributed by atoms with van der Waals surface area (Å²) >= 11 is 0. The zero-order valence-corrected chi connectivity index (χ0v) is 11.8. The summed E-state index contributed by atoms with van der Waals surface area (Å²) < 4.78 is 50.8. The third-order valence-electron chi connectivity index (χ3n) is 2.96. The predicted molar refractivity (Wildman–Crippen MR) is 72.8 cm³/mol. The molecule has 0 spiro atoms. The van der Waals surface area contributed by atoms with Gasteiger partial charge in [-0.15, -0.1) is 0 Å². The molecule has 0 bridgehead atoms. The molecule has 2 atom stereocenters. The zero-order chi connectivity index (χ0) is 15.1. The Morgan fingerprint density at radius 1 is 1.45 bits per heavy atom. The van der Waals surface area contributed by atoms with Gasteiger partial charge in [0.1, 0.15) is 0 Å². The average molecular weight is 305 g/mol. The molecule has 0 saturated carbocycles. The van der Waals surface area contributed by atoms with Crippen LogP contribution in [0.5, 0.6) is 0 Å². The Labute approximate surface area is 116 Å². The molecule has 20 heavy (non-hydrogen) atoms. The highest BCUT2D eigenvalue weighted by atomic mass is 32.2. The second-order valence-corrected chi connectivity index (χ2v) is 6.11. The van der Waals surface area contributed by atoms with E-state index in [1.165, 1.54) is 6.07 Å². The Balaban J connectivity index is 2.53. The lowest BCUT2D eigenvalue weighted by Gasteiger charge is -2.14. The number of halogens is 3. The fourth-order valence-electron chi connectivity index (χ4n) is 2.17. The number of hydrogen-bond acceptors (Lipinski definition) is 3. The van der Waals surface area contributed by atoms with Crippen molar-refractivity contribution in [2.24, 2.45) is 0 Å². The lowest BCUT2D eigenvalue weighted by atomic mass is 10.2. The maximum absolute atomic E-state index is 12.6. The van der Waals surface area contributed by atoms with Gasteiger partial charge in [0, 0.05) is 28.9 Å². The van der Waals surface area contributed by atoms with Crippen molar-refractivity contribution in [1.29, 1.82) is 0 Å². The largest absolute Gasteiger partial charge is 0.416 e. The van der Waals surface area contributed by atoms with Crippen LogP contribution in [0.15, 0.2) is 18.2 Å². The second-order valence-electron chi connectivity index (χ2n) is 4.63. The molecule has 2 rings (SSSR count). The van der Waals surface area contributed by atoms with Crippen molar-refractivity contribution in [3.63, 3.8) is 0 Å². The van der Waals surface area contributed by atoms with Crippen molar-refractivity contribution < 1.29 is 17.4 Å². The molecular weight excluding hydrogens is 291 g/mol. The van der Waals surface area contributed by atoms with Crippen LogP contribution < -0.4 is 5.73 Å². The van der Waals surface area contributed by atoms with Gasteiger partial charge in [-0.1, -0.05) is 0 Å². The third kappa shape index (κ3) is 2.79. The number of hydrogen-bond donors (Lipinski definition) is 1. The summed E-state index contributed by atoms with van der Waals surface area (Å²) in [5, 5.41) is 0. The topological polar surface area (TPSA) is 60.9 Å². The second kappa shape index (κ2) is 5.08. The van der Waals surface area contributed by atoms with Gasteiger partial charge in [0.15, 0.2) is 0 Å². The van der Waals surface area contributed by atoms with Gasteiger partial charge in [-0.2, -0.15) is 13.2 Å². The molecule has 0 aliphatic rings. The highest BCUT2D eigenvalue weighted by Gasteiger charge is 2.31. The zero-order valence-electron chi connectivity index (χ0n) is 10.9. The fraction of sp³-hybridized carbons (Fsp3) is 0.417. The number of nitrogen functional groups attached to an aromatic ring is 1. The average Bonchev–Trinajstić information content (AvgIpc) is 2.61. The SMILES string of the molecule is CC(CS(C)=O)n1c(N)nc2cc(C(F)(F)F)ccc21. The summed E-state index contributed by atoms with van der Waals surface area (Å²) in [4.78, 5) is 3.96. The molecule has 8 heteroatoms. The summed E-state index contributed by atoms with van der Waals surface area (Å²) in [7, 11) is -1.03. The number of anilines is 1. The number of nitrogens with two attached hydrogens (primary N) is 1. The number of benzene rings is 1. The molecular formula is C12H14F3N3OS. The first kappa shape index (κ1) is 14.8. The minimum Gasteiger partial charge on any atom is -0.369 e. The van der Waals surface area contributed by atoms with E-state index in [-0.39, 0.29) is 17.5 Å². The van der Waals surface area contributed by atoms with E-state index in [2.05, 4.69) is 4.98 Å². The van der Waals surface area contributed by atoms with Crippen LogP contribution in [-0.4, -0.2) is 25.8 Å². The number of alkyl halides is 3. The van der Waals surface area contributed by atoms with Crippen molar-refractivity contribution in [1.82, 2.24) is 9.55 Å². The monoisotopic (exact) mass is 305 g/mol. The first-order valence-corrected chi connectivity index (χ1v) is 7.57. The van der Waals surface area contributed by atoms with E-state index < -0.39 is 22.5 Å². The molecule has 0 aliphatic carbocycles. The molecule has 4 nitrogen and oxygen atoms in total. The molecule has 110 valence electrons. The Morgan fingerprint density at radius 3 is 2.65 bits per heavy atom. The standard InChI is InChI=1S/C12H14F3N3OS/c1-7(6-20(2)19)18-10-4-3-8(12(13,14)15)5-9(10)17-11(18)16/h3-5,7H,6H2,1-2H3,(H2,16,17). The Kier molecular flexibility index (Phi) is 3.77. The van der Waals surface area contributed by atoms with Crippen LogP contribution >= 0.6 is 0 Å². The molecule has 0 saturated heterocycles. The van der Waals surface area contributed by atoms with Crippen LogP contribution in [0.2, 0.25) is 0 Å². The minimum atomic E-state index is -4.41.